The first kappa shape index (κ1) is 18.9. The zero-order valence-electron chi connectivity index (χ0n) is 14.4. The van der Waals surface area contributed by atoms with E-state index < -0.39 is 5.97 Å². The van der Waals surface area contributed by atoms with Crippen LogP contribution in [0.5, 0.6) is 0 Å². The summed E-state index contributed by atoms with van der Waals surface area (Å²) in [6.07, 6.45) is 7.89. The van der Waals surface area contributed by atoms with E-state index in [1.54, 1.807) is 0 Å². The maximum atomic E-state index is 11.8. The van der Waals surface area contributed by atoms with Crippen LogP contribution < -0.4 is 5.32 Å². The number of hydrogen-bond donors (Lipinski definition) is 1. The minimum atomic E-state index is -0.476. The van der Waals surface area contributed by atoms with Crippen molar-refractivity contribution in [3.05, 3.63) is 41.5 Å². The Morgan fingerprint density at radius 1 is 1.04 bits per heavy atom. The molecule has 23 heavy (non-hydrogen) atoms. The highest BCUT2D eigenvalue weighted by molar-refractivity contribution is 6.02. The van der Waals surface area contributed by atoms with Crippen molar-refractivity contribution in [3.8, 4) is 0 Å². The number of hydrogen-bond acceptors (Lipinski definition) is 3. The number of amides is 1. The zero-order chi connectivity index (χ0) is 17.1. The standard InChI is InChI=1S/C19H27NO3/c1-4-5-6-7-8-13-23-19(22)12-11-18(21)20-17-10-9-15(2)16(3)14-17/h9-12,14H,4-8,13H2,1-3H3,(H,20,21)/b12-11+. The molecule has 1 amide bonds. The maximum absolute atomic E-state index is 11.8. The van der Waals surface area contributed by atoms with Gasteiger partial charge >= 0.3 is 5.97 Å². The Balaban J connectivity index is 2.28. The lowest BCUT2D eigenvalue weighted by atomic mass is 10.1. The third-order valence-electron chi connectivity index (χ3n) is 3.64. The number of carbonyl (C=O) groups is 2. The second-order valence-electron chi connectivity index (χ2n) is 5.70. The van der Waals surface area contributed by atoms with E-state index >= 15 is 0 Å². The fourth-order valence-electron chi connectivity index (χ4n) is 2.07. The molecule has 0 saturated carbocycles. The van der Waals surface area contributed by atoms with Gasteiger partial charge in [0.2, 0.25) is 5.91 Å². The highest BCUT2D eigenvalue weighted by Gasteiger charge is 2.02. The van der Waals surface area contributed by atoms with Gasteiger partial charge in [-0.25, -0.2) is 4.79 Å². The highest BCUT2D eigenvalue weighted by atomic mass is 16.5. The predicted molar refractivity (Wildman–Crippen MR) is 93.4 cm³/mol. The molecular formula is C19H27NO3. The number of esters is 1. The smallest absolute Gasteiger partial charge is 0.330 e. The lowest BCUT2D eigenvalue weighted by Gasteiger charge is -2.05. The van der Waals surface area contributed by atoms with Gasteiger partial charge in [0.1, 0.15) is 0 Å². The van der Waals surface area contributed by atoms with Gasteiger partial charge in [0, 0.05) is 17.8 Å². The molecule has 4 nitrogen and oxygen atoms in total. The summed E-state index contributed by atoms with van der Waals surface area (Å²) in [6.45, 7) is 6.57. The summed E-state index contributed by atoms with van der Waals surface area (Å²) in [5.41, 5.74) is 2.99. The minimum Gasteiger partial charge on any atom is -0.463 e. The summed E-state index contributed by atoms with van der Waals surface area (Å²) in [4.78, 5) is 23.3. The monoisotopic (exact) mass is 317 g/mol. The molecule has 0 aliphatic heterocycles. The van der Waals surface area contributed by atoms with Crippen LogP contribution in [0.15, 0.2) is 30.4 Å². The quantitative estimate of drug-likeness (QED) is 0.419. The van der Waals surface area contributed by atoms with Crippen LogP contribution in [0.1, 0.15) is 50.2 Å². The Morgan fingerprint density at radius 3 is 2.48 bits per heavy atom. The molecule has 0 saturated heterocycles. The Bertz CT molecular complexity index is 550. The largest absolute Gasteiger partial charge is 0.463 e. The van der Waals surface area contributed by atoms with Crippen molar-refractivity contribution in [2.24, 2.45) is 0 Å². The number of carbonyl (C=O) groups excluding carboxylic acids is 2. The molecule has 0 heterocycles. The van der Waals surface area contributed by atoms with Crippen LogP contribution in [0, 0.1) is 13.8 Å². The molecule has 0 fully saturated rings. The van der Waals surface area contributed by atoms with Crippen molar-refractivity contribution in [1.82, 2.24) is 0 Å². The van der Waals surface area contributed by atoms with E-state index in [0.717, 1.165) is 18.4 Å². The van der Waals surface area contributed by atoms with Gasteiger partial charge in [0.05, 0.1) is 6.61 Å². The third kappa shape index (κ3) is 8.19. The fraction of sp³-hybridized carbons (Fsp3) is 0.474. The molecule has 1 aromatic carbocycles. The molecule has 1 N–H and O–H groups in total. The van der Waals surface area contributed by atoms with Crippen LogP contribution >= 0.6 is 0 Å². The zero-order valence-corrected chi connectivity index (χ0v) is 14.4. The fourth-order valence-corrected chi connectivity index (χ4v) is 2.07. The number of aryl methyl sites for hydroxylation is 2. The van der Waals surface area contributed by atoms with Crippen LogP contribution in [-0.2, 0) is 14.3 Å². The van der Waals surface area contributed by atoms with E-state index in [1.807, 2.05) is 32.0 Å². The second-order valence-corrected chi connectivity index (χ2v) is 5.70. The molecule has 1 aromatic rings. The molecule has 0 aliphatic carbocycles. The summed E-state index contributed by atoms with van der Waals surface area (Å²) >= 11 is 0. The van der Waals surface area contributed by atoms with E-state index in [0.29, 0.717) is 12.3 Å². The summed E-state index contributed by atoms with van der Waals surface area (Å²) in [5, 5.41) is 2.72. The van der Waals surface area contributed by atoms with Gasteiger partial charge in [-0.3, -0.25) is 4.79 Å². The molecule has 0 spiro atoms. The van der Waals surface area contributed by atoms with Crippen LogP contribution in [0.3, 0.4) is 0 Å². The summed E-state index contributed by atoms with van der Waals surface area (Å²) in [5.74, 6) is -0.816. The van der Waals surface area contributed by atoms with Crippen LogP contribution in [0.25, 0.3) is 0 Å². The summed E-state index contributed by atoms with van der Waals surface area (Å²) in [6, 6.07) is 5.68. The van der Waals surface area contributed by atoms with Crippen molar-refractivity contribution in [2.45, 2.75) is 52.9 Å². The van der Waals surface area contributed by atoms with Gasteiger partial charge in [0.25, 0.3) is 0 Å². The first-order chi connectivity index (χ1) is 11.0. The SMILES string of the molecule is CCCCCCCOC(=O)/C=C/C(=O)Nc1ccc(C)c(C)c1. The number of unbranched alkanes of at least 4 members (excludes halogenated alkanes) is 4. The summed E-state index contributed by atoms with van der Waals surface area (Å²) < 4.78 is 5.05. The maximum Gasteiger partial charge on any atom is 0.330 e. The Hall–Kier alpha value is -2.10. The number of rotatable bonds is 9. The Kier molecular flexibility index (Phi) is 8.73. The molecule has 1 rings (SSSR count). The highest BCUT2D eigenvalue weighted by Crippen LogP contribution is 2.14. The number of ether oxygens (including phenoxy) is 1. The molecule has 0 aromatic heterocycles. The molecule has 0 unspecified atom stereocenters. The van der Waals surface area contributed by atoms with Crippen molar-refractivity contribution in [3.63, 3.8) is 0 Å². The van der Waals surface area contributed by atoms with E-state index in [1.165, 1.54) is 37.0 Å². The van der Waals surface area contributed by atoms with Crippen molar-refractivity contribution >= 4 is 17.6 Å². The molecule has 0 bridgehead atoms. The van der Waals surface area contributed by atoms with Crippen molar-refractivity contribution < 1.29 is 14.3 Å². The second kappa shape index (κ2) is 10.6. The van der Waals surface area contributed by atoms with E-state index in [4.69, 9.17) is 4.74 Å². The van der Waals surface area contributed by atoms with Gasteiger partial charge in [-0.15, -0.1) is 0 Å². The van der Waals surface area contributed by atoms with Crippen molar-refractivity contribution in [2.75, 3.05) is 11.9 Å². The van der Waals surface area contributed by atoms with Gasteiger partial charge in [-0.2, -0.15) is 0 Å². The normalized spacial score (nSPS) is 10.7. The van der Waals surface area contributed by atoms with Crippen LogP contribution in [0.4, 0.5) is 5.69 Å². The van der Waals surface area contributed by atoms with Crippen LogP contribution in [-0.4, -0.2) is 18.5 Å². The Labute approximate surface area is 138 Å². The molecular weight excluding hydrogens is 290 g/mol. The minimum absolute atomic E-state index is 0.340. The average molecular weight is 317 g/mol. The number of nitrogens with one attached hydrogen (secondary N) is 1. The number of benzene rings is 1. The predicted octanol–water partition coefficient (Wildman–Crippen LogP) is 4.31. The Morgan fingerprint density at radius 2 is 1.78 bits per heavy atom. The molecule has 0 atom stereocenters. The van der Waals surface area contributed by atoms with Gasteiger partial charge in [-0.05, 0) is 43.5 Å². The summed E-state index contributed by atoms with van der Waals surface area (Å²) in [7, 11) is 0. The number of anilines is 1. The van der Waals surface area contributed by atoms with Gasteiger partial charge in [-0.1, -0.05) is 38.7 Å². The first-order valence-electron chi connectivity index (χ1n) is 8.26. The first-order valence-corrected chi connectivity index (χ1v) is 8.26. The average Bonchev–Trinajstić information content (AvgIpc) is 2.52. The molecule has 4 heteroatoms. The molecule has 0 aliphatic rings. The van der Waals surface area contributed by atoms with Gasteiger partial charge in [0.15, 0.2) is 0 Å². The topological polar surface area (TPSA) is 55.4 Å². The third-order valence-corrected chi connectivity index (χ3v) is 3.64. The lowest BCUT2D eigenvalue weighted by molar-refractivity contribution is -0.138. The van der Waals surface area contributed by atoms with E-state index in [9.17, 15) is 9.59 Å². The molecule has 126 valence electrons. The van der Waals surface area contributed by atoms with Crippen molar-refractivity contribution in [1.29, 1.82) is 0 Å². The van der Waals surface area contributed by atoms with E-state index in [-0.39, 0.29) is 5.91 Å². The van der Waals surface area contributed by atoms with Crippen LogP contribution in [0.2, 0.25) is 0 Å². The molecule has 0 radical (unpaired) electrons. The lowest BCUT2D eigenvalue weighted by Crippen LogP contribution is -2.10. The van der Waals surface area contributed by atoms with E-state index in [2.05, 4.69) is 12.2 Å². The van der Waals surface area contributed by atoms with Gasteiger partial charge < -0.3 is 10.1 Å².